The van der Waals surface area contributed by atoms with Crippen LogP contribution >= 0.6 is 11.6 Å². The monoisotopic (exact) mass is 181 g/mol. The maximum Gasteiger partial charge on any atom is 0.0441 e. The summed E-state index contributed by atoms with van der Waals surface area (Å²) in [5.41, 5.74) is 8.52. The van der Waals surface area contributed by atoms with Gasteiger partial charge in [0.1, 0.15) is 0 Å². The summed E-state index contributed by atoms with van der Waals surface area (Å²) in [6.07, 6.45) is 0. The summed E-state index contributed by atoms with van der Waals surface area (Å²) < 4.78 is 0. The molecule has 0 aromatic heterocycles. The Labute approximate surface area is 77.8 Å². The Morgan fingerprint density at radius 1 is 1.58 bits per heavy atom. The lowest BCUT2D eigenvalue weighted by Crippen LogP contribution is -2.02. The van der Waals surface area contributed by atoms with E-state index in [1.54, 1.807) is 0 Å². The molecule has 2 heteroatoms. The van der Waals surface area contributed by atoms with Gasteiger partial charge in [-0.2, -0.15) is 0 Å². The molecule has 0 aliphatic heterocycles. The molecule has 0 atom stereocenters. The zero-order valence-corrected chi connectivity index (χ0v) is 7.86. The second-order valence-electron chi connectivity index (χ2n) is 2.72. The Bertz CT molecular complexity index is 305. The predicted molar refractivity (Wildman–Crippen MR) is 54.3 cm³/mol. The summed E-state index contributed by atoms with van der Waals surface area (Å²) in [7, 11) is 0. The van der Waals surface area contributed by atoms with Gasteiger partial charge in [0.15, 0.2) is 0 Å². The van der Waals surface area contributed by atoms with Gasteiger partial charge in [-0.15, -0.1) is 0 Å². The van der Waals surface area contributed by atoms with E-state index in [2.05, 4.69) is 6.58 Å². The van der Waals surface area contributed by atoms with Crippen LogP contribution in [0.3, 0.4) is 0 Å². The van der Waals surface area contributed by atoms with Gasteiger partial charge >= 0.3 is 0 Å². The minimum Gasteiger partial charge on any atom is -0.326 e. The molecule has 0 spiro atoms. The largest absolute Gasteiger partial charge is 0.326 e. The molecule has 0 saturated heterocycles. The van der Waals surface area contributed by atoms with Crippen LogP contribution in [0, 0.1) is 6.92 Å². The highest BCUT2D eigenvalue weighted by atomic mass is 35.5. The molecule has 12 heavy (non-hydrogen) atoms. The molecule has 0 aliphatic rings. The lowest BCUT2D eigenvalue weighted by atomic mass is 10.0. The summed E-state index contributed by atoms with van der Waals surface area (Å²) in [4.78, 5) is 0. The van der Waals surface area contributed by atoms with E-state index in [1.165, 1.54) is 0 Å². The molecule has 0 fully saturated rings. The average Bonchev–Trinajstić information content (AvgIpc) is 2.08. The molecule has 0 aliphatic carbocycles. The first-order valence-corrected chi connectivity index (χ1v) is 4.18. The summed E-state index contributed by atoms with van der Waals surface area (Å²) in [5.74, 6) is 0. The molecular formula is C10H12ClN. The van der Waals surface area contributed by atoms with Gasteiger partial charge in [-0.3, -0.25) is 0 Å². The maximum absolute atomic E-state index is 5.93. The highest BCUT2D eigenvalue weighted by Crippen LogP contribution is 2.23. The van der Waals surface area contributed by atoms with Crippen molar-refractivity contribution in [2.45, 2.75) is 6.92 Å². The quantitative estimate of drug-likeness (QED) is 0.746. The lowest BCUT2D eigenvalue weighted by molar-refractivity contribution is 1.25. The molecule has 1 aromatic carbocycles. The fourth-order valence-corrected chi connectivity index (χ4v) is 1.27. The highest BCUT2D eigenvalue weighted by molar-refractivity contribution is 6.31. The molecule has 1 nitrogen and oxygen atoms in total. The molecule has 0 heterocycles. The van der Waals surface area contributed by atoms with Crippen molar-refractivity contribution in [1.82, 2.24) is 0 Å². The van der Waals surface area contributed by atoms with Crippen molar-refractivity contribution in [2.75, 3.05) is 6.54 Å². The number of hydrogen-bond acceptors (Lipinski definition) is 1. The van der Waals surface area contributed by atoms with E-state index in [0.29, 0.717) is 6.54 Å². The van der Waals surface area contributed by atoms with Gasteiger partial charge in [-0.1, -0.05) is 30.3 Å². The SMILES string of the molecule is C=C(CN)c1cccc(Cl)c1C. The normalized spacial score (nSPS) is 9.92. The minimum absolute atomic E-state index is 0.473. The fourth-order valence-electron chi connectivity index (χ4n) is 1.10. The molecule has 0 radical (unpaired) electrons. The third-order valence-electron chi connectivity index (χ3n) is 1.89. The third kappa shape index (κ3) is 1.68. The number of halogens is 1. The van der Waals surface area contributed by atoms with Crippen LogP contribution < -0.4 is 5.73 Å². The van der Waals surface area contributed by atoms with Crippen LogP contribution in [0.5, 0.6) is 0 Å². The van der Waals surface area contributed by atoms with E-state index < -0.39 is 0 Å². The van der Waals surface area contributed by atoms with E-state index in [0.717, 1.165) is 21.7 Å². The lowest BCUT2D eigenvalue weighted by Gasteiger charge is -2.07. The van der Waals surface area contributed by atoms with Gasteiger partial charge in [0, 0.05) is 11.6 Å². The van der Waals surface area contributed by atoms with E-state index in [4.69, 9.17) is 17.3 Å². The first kappa shape index (κ1) is 9.30. The molecular weight excluding hydrogens is 170 g/mol. The standard InChI is InChI=1S/C10H12ClN/c1-7(6-12)9-4-3-5-10(11)8(9)2/h3-5H,1,6,12H2,2H3. The van der Waals surface area contributed by atoms with E-state index >= 15 is 0 Å². The Balaban J connectivity index is 3.16. The van der Waals surface area contributed by atoms with Crippen LogP contribution in [0.1, 0.15) is 11.1 Å². The molecule has 1 rings (SSSR count). The van der Waals surface area contributed by atoms with E-state index in [9.17, 15) is 0 Å². The molecule has 0 saturated carbocycles. The minimum atomic E-state index is 0.473. The topological polar surface area (TPSA) is 26.0 Å². The summed E-state index contributed by atoms with van der Waals surface area (Å²) >= 11 is 5.93. The van der Waals surface area contributed by atoms with Gasteiger partial charge < -0.3 is 5.73 Å². The van der Waals surface area contributed by atoms with Crippen molar-refractivity contribution in [3.63, 3.8) is 0 Å². The van der Waals surface area contributed by atoms with Gasteiger partial charge in [0.05, 0.1) is 0 Å². The van der Waals surface area contributed by atoms with E-state index in [-0.39, 0.29) is 0 Å². The Morgan fingerprint density at radius 3 is 2.83 bits per heavy atom. The molecule has 0 unspecified atom stereocenters. The van der Waals surface area contributed by atoms with Crippen LogP contribution in [0.25, 0.3) is 5.57 Å². The molecule has 1 aromatic rings. The van der Waals surface area contributed by atoms with Crippen LogP contribution in [0.4, 0.5) is 0 Å². The molecule has 2 N–H and O–H groups in total. The Kier molecular flexibility index (Phi) is 2.90. The third-order valence-corrected chi connectivity index (χ3v) is 2.30. The van der Waals surface area contributed by atoms with Crippen molar-refractivity contribution in [3.8, 4) is 0 Å². The van der Waals surface area contributed by atoms with Crippen LogP contribution in [0.2, 0.25) is 5.02 Å². The van der Waals surface area contributed by atoms with Gasteiger partial charge in [0.2, 0.25) is 0 Å². The zero-order valence-electron chi connectivity index (χ0n) is 7.10. The summed E-state index contributed by atoms with van der Waals surface area (Å²) in [6, 6.07) is 5.76. The summed E-state index contributed by atoms with van der Waals surface area (Å²) in [6.45, 7) is 6.31. The highest BCUT2D eigenvalue weighted by Gasteiger charge is 2.03. The van der Waals surface area contributed by atoms with Gasteiger partial charge in [-0.25, -0.2) is 0 Å². The number of hydrogen-bond donors (Lipinski definition) is 1. The van der Waals surface area contributed by atoms with Crippen molar-refractivity contribution >= 4 is 17.2 Å². The molecule has 0 amide bonds. The first-order valence-electron chi connectivity index (χ1n) is 3.80. The summed E-state index contributed by atoms with van der Waals surface area (Å²) in [5, 5.41) is 0.766. The van der Waals surface area contributed by atoms with Gasteiger partial charge in [-0.05, 0) is 29.7 Å². The van der Waals surface area contributed by atoms with Crippen molar-refractivity contribution in [3.05, 3.63) is 40.9 Å². The second-order valence-corrected chi connectivity index (χ2v) is 3.13. The smallest absolute Gasteiger partial charge is 0.0441 e. The van der Waals surface area contributed by atoms with Crippen LogP contribution in [-0.2, 0) is 0 Å². The molecule has 64 valence electrons. The maximum atomic E-state index is 5.93. The van der Waals surface area contributed by atoms with Crippen LogP contribution in [-0.4, -0.2) is 6.54 Å². The Hall–Kier alpha value is -0.790. The average molecular weight is 182 g/mol. The number of nitrogens with two attached hydrogens (primary N) is 1. The number of rotatable bonds is 2. The van der Waals surface area contributed by atoms with Gasteiger partial charge in [0.25, 0.3) is 0 Å². The van der Waals surface area contributed by atoms with E-state index in [1.807, 2.05) is 25.1 Å². The first-order chi connectivity index (χ1) is 5.66. The van der Waals surface area contributed by atoms with Crippen LogP contribution in [0.15, 0.2) is 24.8 Å². The number of benzene rings is 1. The molecule has 0 bridgehead atoms. The zero-order chi connectivity index (χ0) is 9.14. The predicted octanol–water partition coefficient (Wildman–Crippen LogP) is 2.62. The van der Waals surface area contributed by atoms with Crippen molar-refractivity contribution in [1.29, 1.82) is 0 Å². The van der Waals surface area contributed by atoms with Crippen molar-refractivity contribution in [2.24, 2.45) is 5.73 Å². The van der Waals surface area contributed by atoms with Crippen molar-refractivity contribution < 1.29 is 0 Å². The second kappa shape index (κ2) is 3.74. The Morgan fingerprint density at radius 2 is 2.25 bits per heavy atom. The fraction of sp³-hybridized carbons (Fsp3) is 0.200.